The third kappa shape index (κ3) is 2.90. The van der Waals surface area contributed by atoms with Crippen molar-refractivity contribution >= 4 is 0 Å². The first-order valence-corrected chi connectivity index (χ1v) is 7.50. The van der Waals surface area contributed by atoms with Crippen LogP contribution in [0.2, 0.25) is 0 Å². The van der Waals surface area contributed by atoms with Gasteiger partial charge in [-0.2, -0.15) is 5.26 Å². The van der Waals surface area contributed by atoms with E-state index in [4.69, 9.17) is 4.74 Å². The summed E-state index contributed by atoms with van der Waals surface area (Å²) in [6.07, 6.45) is 5.34. The lowest BCUT2D eigenvalue weighted by atomic mass is 9.95. The lowest BCUT2D eigenvalue weighted by molar-refractivity contribution is 0.456. The molecule has 3 heteroatoms. The highest BCUT2D eigenvalue weighted by Gasteiger charge is 2.16. The Hall–Kier alpha value is -2.34. The average molecular weight is 278 g/mol. The number of ether oxygens (including phenoxy) is 1. The fraction of sp³-hybridized carbons (Fsp3) is 0.333. The first-order chi connectivity index (χ1) is 10.3. The van der Waals surface area contributed by atoms with Gasteiger partial charge in [-0.15, -0.1) is 0 Å². The van der Waals surface area contributed by atoms with Gasteiger partial charge in [0.05, 0.1) is 0 Å². The predicted octanol–water partition coefficient (Wildman–Crippen LogP) is 4.19. The smallest absolute Gasteiger partial charge is 0.237 e. The van der Waals surface area contributed by atoms with Gasteiger partial charge >= 0.3 is 0 Å². The second-order valence-corrected chi connectivity index (χ2v) is 5.37. The van der Waals surface area contributed by atoms with E-state index < -0.39 is 0 Å². The first-order valence-electron chi connectivity index (χ1n) is 7.50. The van der Waals surface area contributed by atoms with Crippen LogP contribution in [0.3, 0.4) is 0 Å². The number of fused-ring (bicyclic) bond motifs is 1. The molecule has 0 N–H and O–H groups in total. The molecule has 0 amide bonds. The van der Waals surface area contributed by atoms with Crippen LogP contribution in [0.5, 0.6) is 11.6 Å². The Labute approximate surface area is 125 Å². The van der Waals surface area contributed by atoms with E-state index in [0.717, 1.165) is 37.1 Å². The van der Waals surface area contributed by atoms with Gasteiger partial charge in [-0.1, -0.05) is 19.1 Å². The molecule has 0 spiro atoms. The van der Waals surface area contributed by atoms with Crippen molar-refractivity contribution in [3.05, 3.63) is 52.7 Å². The standard InChI is InChI=1S/C18H18N2O/c1-2-13-7-9-16(10-8-13)21-18-15(12-19)11-14-5-3-4-6-17(14)20-18/h7-11H,2-6H2,1H3. The van der Waals surface area contributed by atoms with E-state index in [2.05, 4.69) is 18.0 Å². The molecule has 0 aliphatic heterocycles. The Bertz CT molecular complexity index is 684. The summed E-state index contributed by atoms with van der Waals surface area (Å²) in [5, 5.41) is 9.31. The second-order valence-electron chi connectivity index (χ2n) is 5.37. The van der Waals surface area contributed by atoms with Gasteiger partial charge in [-0.3, -0.25) is 0 Å². The van der Waals surface area contributed by atoms with Crippen LogP contribution in [0.15, 0.2) is 30.3 Å². The molecule has 106 valence electrons. The van der Waals surface area contributed by atoms with Crippen LogP contribution in [0.25, 0.3) is 0 Å². The molecule has 0 radical (unpaired) electrons. The Morgan fingerprint density at radius 1 is 1.19 bits per heavy atom. The topological polar surface area (TPSA) is 45.9 Å². The lowest BCUT2D eigenvalue weighted by Gasteiger charge is -2.16. The van der Waals surface area contributed by atoms with E-state index in [0.29, 0.717) is 11.4 Å². The molecule has 1 aliphatic rings. The number of rotatable bonds is 3. The van der Waals surface area contributed by atoms with E-state index >= 15 is 0 Å². The van der Waals surface area contributed by atoms with Crippen LogP contribution in [0.1, 0.15) is 42.1 Å². The summed E-state index contributed by atoms with van der Waals surface area (Å²) in [6, 6.07) is 12.1. The molecule has 1 aliphatic carbocycles. The van der Waals surface area contributed by atoms with Gasteiger partial charge in [0, 0.05) is 5.69 Å². The fourth-order valence-electron chi connectivity index (χ4n) is 2.68. The number of pyridine rings is 1. The summed E-state index contributed by atoms with van der Waals surface area (Å²) in [5.74, 6) is 1.16. The summed E-state index contributed by atoms with van der Waals surface area (Å²) in [5.41, 5.74) is 4.07. The molecule has 3 rings (SSSR count). The first kappa shape index (κ1) is 13.6. The highest BCUT2D eigenvalue weighted by atomic mass is 16.5. The maximum absolute atomic E-state index is 9.31. The SMILES string of the molecule is CCc1ccc(Oc2nc3c(cc2C#N)CCCC3)cc1. The van der Waals surface area contributed by atoms with Crippen molar-refractivity contribution in [1.82, 2.24) is 4.98 Å². The lowest BCUT2D eigenvalue weighted by Crippen LogP contribution is -2.07. The molecular formula is C18H18N2O. The van der Waals surface area contributed by atoms with E-state index in [-0.39, 0.29) is 0 Å². The Morgan fingerprint density at radius 2 is 1.95 bits per heavy atom. The maximum atomic E-state index is 9.31. The quantitative estimate of drug-likeness (QED) is 0.845. The van der Waals surface area contributed by atoms with Crippen LogP contribution in [0.4, 0.5) is 0 Å². The van der Waals surface area contributed by atoms with E-state index in [1.807, 2.05) is 30.3 Å². The van der Waals surface area contributed by atoms with Crippen LogP contribution in [0, 0.1) is 11.3 Å². The van der Waals surface area contributed by atoms with Crippen molar-refractivity contribution in [3.8, 4) is 17.7 Å². The summed E-state index contributed by atoms with van der Waals surface area (Å²) in [4.78, 5) is 4.58. The summed E-state index contributed by atoms with van der Waals surface area (Å²) >= 11 is 0. The molecule has 0 bridgehead atoms. The minimum absolute atomic E-state index is 0.433. The van der Waals surface area contributed by atoms with Crippen LogP contribution >= 0.6 is 0 Å². The number of hydrogen-bond donors (Lipinski definition) is 0. The minimum Gasteiger partial charge on any atom is -0.438 e. The average Bonchev–Trinajstić information content (AvgIpc) is 2.55. The third-order valence-corrected chi connectivity index (χ3v) is 3.93. The van der Waals surface area contributed by atoms with Gasteiger partial charge in [0.2, 0.25) is 5.88 Å². The molecule has 2 aromatic rings. The van der Waals surface area contributed by atoms with Crippen molar-refractivity contribution < 1.29 is 4.74 Å². The molecule has 21 heavy (non-hydrogen) atoms. The Balaban J connectivity index is 1.91. The monoisotopic (exact) mass is 278 g/mol. The molecule has 1 aromatic heterocycles. The molecule has 0 unspecified atom stereocenters. The van der Waals surface area contributed by atoms with Crippen molar-refractivity contribution in [2.24, 2.45) is 0 Å². The van der Waals surface area contributed by atoms with E-state index in [1.54, 1.807) is 0 Å². The summed E-state index contributed by atoms with van der Waals surface area (Å²) in [7, 11) is 0. The number of nitrogens with zero attached hydrogens (tertiary/aromatic N) is 2. The van der Waals surface area contributed by atoms with Gasteiger partial charge in [-0.05, 0) is 61.4 Å². The minimum atomic E-state index is 0.433. The van der Waals surface area contributed by atoms with Crippen molar-refractivity contribution in [1.29, 1.82) is 5.26 Å². The van der Waals surface area contributed by atoms with Gasteiger partial charge in [0.25, 0.3) is 0 Å². The van der Waals surface area contributed by atoms with Gasteiger partial charge in [0.1, 0.15) is 17.4 Å². The molecule has 0 saturated carbocycles. The molecule has 0 atom stereocenters. The third-order valence-electron chi connectivity index (χ3n) is 3.93. The summed E-state index contributed by atoms with van der Waals surface area (Å²) in [6.45, 7) is 2.12. The van der Waals surface area contributed by atoms with Gasteiger partial charge in [0.15, 0.2) is 0 Å². The largest absolute Gasteiger partial charge is 0.438 e. The van der Waals surface area contributed by atoms with Crippen LogP contribution in [-0.2, 0) is 19.3 Å². The van der Waals surface area contributed by atoms with Crippen molar-refractivity contribution in [2.75, 3.05) is 0 Å². The van der Waals surface area contributed by atoms with Crippen LogP contribution in [-0.4, -0.2) is 4.98 Å². The zero-order chi connectivity index (χ0) is 14.7. The van der Waals surface area contributed by atoms with Crippen molar-refractivity contribution in [2.45, 2.75) is 39.0 Å². The summed E-state index contributed by atoms with van der Waals surface area (Å²) < 4.78 is 5.83. The maximum Gasteiger partial charge on any atom is 0.237 e. The molecule has 0 saturated heterocycles. The highest BCUT2D eigenvalue weighted by molar-refractivity contribution is 5.45. The molecule has 1 heterocycles. The normalized spacial score (nSPS) is 13.3. The number of aryl methyl sites for hydroxylation is 3. The van der Waals surface area contributed by atoms with Gasteiger partial charge < -0.3 is 4.74 Å². The number of hydrogen-bond acceptors (Lipinski definition) is 3. The molecule has 0 fully saturated rings. The molecular weight excluding hydrogens is 260 g/mol. The molecule has 1 aromatic carbocycles. The Kier molecular flexibility index (Phi) is 3.87. The number of aromatic nitrogens is 1. The Morgan fingerprint density at radius 3 is 2.67 bits per heavy atom. The van der Waals surface area contributed by atoms with Crippen molar-refractivity contribution in [3.63, 3.8) is 0 Å². The van der Waals surface area contributed by atoms with Gasteiger partial charge in [-0.25, -0.2) is 4.98 Å². The second kappa shape index (κ2) is 5.97. The number of nitriles is 1. The number of benzene rings is 1. The zero-order valence-corrected chi connectivity index (χ0v) is 12.2. The molecule has 3 nitrogen and oxygen atoms in total. The fourth-order valence-corrected chi connectivity index (χ4v) is 2.68. The van der Waals surface area contributed by atoms with E-state index in [9.17, 15) is 5.26 Å². The predicted molar refractivity (Wildman–Crippen MR) is 81.5 cm³/mol. The zero-order valence-electron chi connectivity index (χ0n) is 12.2. The van der Waals surface area contributed by atoms with Crippen LogP contribution < -0.4 is 4.74 Å². The van der Waals surface area contributed by atoms with E-state index in [1.165, 1.54) is 17.5 Å². The highest BCUT2D eigenvalue weighted by Crippen LogP contribution is 2.28.